The van der Waals surface area contributed by atoms with Crippen LogP contribution in [0.5, 0.6) is 0 Å². The van der Waals surface area contributed by atoms with E-state index < -0.39 is 23.3 Å². The fraction of sp³-hybridized carbons (Fsp3) is 0.333. The first-order valence-electron chi connectivity index (χ1n) is 9.53. The molecule has 2 aromatic heterocycles. The average Bonchev–Trinajstić information content (AvgIpc) is 3.18. The minimum absolute atomic E-state index is 0.0167. The molecule has 1 atom stereocenters. The first-order chi connectivity index (χ1) is 14.3. The Morgan fingerprint density at radius 3 is 2.37 bits per heavy atom. The van der Waals surface area contributed by atoms with Gasteiger partial charge >= 0.3 is 6.18 Å². The molecule has 6 nitrogen and oxygen atoms in total. The number of halogens is 3. The lowest BCUT2D eigenvalue weighted by Gasteiger charge is -2.20. The summed E-state index contributed by atoms with van der Waals surface area (Å²) in [4.78, 5) is 20.4. The molecule has 1 amide bonds. The maximum absolute atomic E-state index is 13.5. The third kappa shape index (κ3) is 5.22. The first-order valence-corrected chi connectivity index (χ1v) is 9.53. The molecule has 0 saturated carbocycles. The molecule has 0 radical (unpaired) electrons. The highest BCUT2D eigenvalue weighted by atomic mass is 19.4. The fourth-order valence-corrected chi connectivity index (χ4v) is 3.20. The molecule has 0 spiro atoms. The van der Waals surface area contributed by atoms with Crippen LogP contribution in [0, 0.1) is 5.92 Å². The molecule has 0 aliphatic carbocycles. The number of alkyl halides is 3. The van der Waals surface area contributed by atoms with E-state index in [4.69, 9.17) is 0 Å². The zero-order valence-electron chi connectivity index (χ0n) is 16.6. The van der Waals surface area contributed by atoms with Crippen molar-refractivity contribution in [3.63, 3.8) is 0 Å². The first kappa shape index (κ1) is 21.5. The van der Waals surface area contributed by atoms with Gasteiger partial charge in [0.15, 0.2) is 5.69 Å². The second kappa shape index (κ2) is 9.06. The van der Waals surface area contributed by atoms with Crippen LogP contribution in [0.2, 0.25) is 0 Å². The summed E-state index contributed by atoms with van der Waals surface area (Å²) in [5, 5.41) is 6.16. The van der Waals surface area contributed by atoms with Gasteiger partial charge in [0.25, 0.3) is 5.91 Å². The number of hydrogen-bond donors (Lipinski definition) is 1. The maximum atomic E-state index is 13.5. The SMILES string of the molecule is CC(C)CC(CNC(=O)c1cn(-c2ncccn2)nc1C(F)(F)F)c1ccccc1. The quantitative estimate of drug-likeness (QED) is 0.624. The molecule has 1 unspecified atom stereocenters. The van der Waals surface area contributed by atoms with Gasteiger partial charge in [0.05, 0.1) is 5.56 Å². The van der Waals surface area contributed by atoms with Gasteiger partial charge in [-0.1, -0.05) is 44.2 Å². The number of aromatic nitrogens is 4. The molecule has 2 heterocycles. The third-order valence-electron chi connectivity index (χ3n) is 4.52. The summed E-state index contributed by atoms with van der Waals surface area (Å²) in [5.41, 5.74) is -0.810. The lowest BCUT2D eigenvalue weighted by molar-refractivity contribution is -0.141. The lowest BCUT2D eigenvalue weighted by atomic mass is 9.90. The molecular weight excluding hydrogens is 395 g/mol. The molecule has 1 N–H and O–H groups in total. The van der Waals surface area contributed by atoms with Crippen molar-refractivity contribution in [3.8, 4) is 5.95 Å². The van der Waals surface area contributed by atoms with E-state index in [0.29, 0.717) is 5.92 Å². The number of carbonyl (C=O) groups is 1. The molecule has 158 valence electrons. The van der Waals surface area contributed by atoms with Crippen molar-refractivity contribution < 1.29 is 18.0 Å². The highest BCUT2D eigenvalue weighted by Crippen LogP contribution is 2.31. The van der Waals surface area contributed by atoms with Crippen molar-refractivity contribution in [2.24, 2.45) is 5.92 Å². The van der Waals surface area contributed by atoms with Crippen LogP contribution in [0.1, 0.15) is 47.8 Å². The second-order valence-electron chi connectivity index (χ2n) is 7.33. The largest absolute Gasteiger partial charge is 0.435 e. The summed E-state index contributed by atoms with van der Waals surface area (Å²) in [6.45, 7) is 4.33. The van der Waals surface area contributed by atoms with E-state index in [2.05, 4.69) is 34.2 Å². The van der Waals surface area contributed by atoms with Gasteiger partial charge in [-0.3, -0.25) is 4.79 Å². The van der Waals surface area contributed by atoms with E-state index in [-0.39, 0.29) is 18.4 Å². The highest BCUT2D eigenvalue weighted by Gasteiger charge is 2.39. The molecule has 9 heteroatoms. The number of amides is 1. The molecule has 0 aliphatic heterocycles. The average molecular weight is 417 g/mol. The Hall–Kier alpha value is -3.23. The summed E-state index contributed by atoms with van der Waals surface area (Å²) in [5.74, 6) is -0.550. The zero-order valence-corrected chi connectivity index (χ0v) is 16.6. The van der Waals surface area contributed by atoms with E-state index in [1.54, 1.807) is 0 Å². The number of hydrogen-bond acceptors (Lipinski definition) is 4. The van der Waals surface area contributed by atoms with Crippen molar-refractivity contribution in [1.82, 2.24) is 25.1 Å². The highest BCUT2D eigenvalue weighted by molar-refractivity contribution is 5.95. The summed E-state index contributed by atoms with van der Waals surface area (Å²) in [7, 11) is 0. The predicted molar refractivity (Wildman–Crippen MR) is 105 cm³/mol. The predicted octanol–water partition coefficient (Wildman–Crippen LogP) is 4.24. The Kier molecular flexibility index (Phi) is 6.49. The van der Waals surface area contributed by atoms with E-state index in [0.717, 1.165) is 22.9 Å². The Morgan fingerprint density at radius 1 is 1.10 bits per heavy atom. The normalized spacial score (nSPS) is 12.7. The molecule has 0 bridgehead atoms. The number of benzene rings is 1. The van der Waals surface area contributed by atoms with Gasteiger partial charge in [-0.05, 0) is 24.0 Å². The minimum Gasteiger partial charge on any atom is -0.351 e. The molecule has 0 saturated heterocycles. The van der Waals surface area contributed by atoms with Crippen LogP contribution in [-0.2, 0) is 6.18 Å². The molecule has 1 aromatic carbocycles. The third-order valence-corrected chi connectivity index (χ3v) is 4.52. The van der Waals surface area contributed by atoms with E-state index in [9.17, 15) is 18.0 Å². The zero-order chi connectivity index (χ0) is 21.7. The van der Waals surface area contributed by atoms with Gasteiger partial charge in [0.2, 0.25) is 5.95 Å². The Labute approximate surface area is 172 Å². The van der Waals surface area contributed by atoms with Gasteiger partial charge in [-0.25, -0.2) is 14.6 Å². The van der Waals surface area contributed by atoms with Crippen LogP contribution in [0.25, 0.3) is 5.95 Å². The van der Waals surface area contributed by atoms with Gasteiger partial charge in [0.1, 0.15) is 0 Å². The molecule has 3 aromatic rings. The fourth-order valence-electron chi connectivity index (χ4n) is 3.20. The second-order valence-corrected chi connectivity index (χ2v) is 7.33. The van der Waals surface area contributed by atoms with Gasteiger partial charge < -0.3 is 5.32 Å². The summed E-state index contributed by atoms with van der Waals surface area (Å²) >= 11 is 0. The van der Waals surface area contributed by atoms with Crippen molar-refractivity contribution in [2.75, 3.05) is 6.54 Å². The molecule has 30 heavy (non-hydrogen) atoms. The topological polar surface area (TPSA) is 72.7 Å². The van der Waals surface area contributed by atoms with Crippen molar-refractivity contribution in [1.29, 1.82) is 0 Å². The number of nitrogens with one attached hydrogen (secondary N) is 1. The summed E-state index contributed by atoms with van der Waals surface area (Å²) in [6.07, 6.45) is -0.231. The summed E-state index contributed by atoms with van der Waals surface area (Å²) < 4.78 is 41.3. The molecular formula is C21H22F3N5O. The van der Waals surface area contributed by atoms with Crippen LogP contribution in [0.4, 0.5) is 13.2 Å². The van der Waals surface area contributed by atoms with Crippen LogP contribution < -0.4 is 5.32 Å². The number of carbonyl (C=O) groups excluding carboxylic acids is 1. The maximum Gasteiger partial charge on any atom is 0.435 e. The standard InChI is InChI=1S/C21H22F3N5O/c1-14(2)11-16(15-7-4-3-5-8-15)12-27-19(30)17-13-29(20-25-9-6-10-26-20)28-18(17)21(22,23)24/h3-10,13-14,16H,11-12H2,1-2H3,(H,27,30). The Balaban J connectivity index is 1.84. The minimum atomic E-state index is -4.79. The van der Waals surface area contributed by atoms with Gasteiger partial charge in [-0.2, -0.15) is 18.3 Å². The molecule has 0 aliphatic rings. The van der Waals surface area contributed by atoms with E-state index in [1.807, 2.05) is 30.3 Å². The number of rotatable bonds is 7. The monoisotopic (exact) mass is 417 g/mol. The molecule has 0 fully saturated rings. The van der Waals surface area contributed by atoms with E-state index in [1.165, 1.54) is 18.5 Å². The van der Waals surface area contributed by atoms with Crippen LogP contribution in [0.15, 0.2) is 55.0 Å². The van der Waals surface area contributed by atoms with Gasteiger partial charge in [0, 0.05) is 31.1 Å². The van der Waals surface area contributed by atoms with Crippen LogP contribution in [0.3, 0.4) is 0 Å². The summed E-state index contributed by atoms with van der Waals surface area (Å²) in [6, 6.07) is 11.1. The van der Waals surface area contributed by atoms with Crippen LogP contribution in [-0.4, -0.2) is 32.2 Å². The Morgan fingerprint density at radius 2 is 1.77 bits per heavy atom. The Bertz CT molecular complexity index is 971. The number of nitrogens with zero attached hydrogens (tertiary/aromatic N) is 4. The smallest absolute Gasteiger partial charge is 0.351 e. The lowest BCUT2D eigenvalue weighted by Crippen LogP contribution is -2.30. The van der Waals surface area contributed by atoms with Crippen molar-refractivity contribution in [2.45, 2.75) is 32.4 Å². The van der Waals surface area contributed by atoms with Crippen LogP contribution >= 0.6 is 0 Å². The van der Waals surface area contributed by atoms with Crippen molar-refractivity contribution in [3.05, 3.63) is 71.8 Å². The molecule has 3 rings (SSSR count). The van der Waals surface area contributed by atoms with Gasteiger partial charge in [-0.15, -0.1) is 0 Å². The van der Waals surface area contributed by atoms with E-state index >= 15 is 0 Å². The van der Waals surface area contributed by atoms with Crippen molar-refractivity contribution >= 4 is 5.91 Å².